The maximum atomic E-state index is 14.1. The second kappa shape index (κ2) is 23.5. The smallest absolute Gasteiger partial charge is 0.189 e. The lowest BCUT2D eigenvalue weighted by Gasteiger charge is -2.58. The zero-order valence-corrected chi connectivity index (χ0v) is 42.2. The van der Waals surface area contributed by atoms with Crippen LogP contribution in [0.25, 0.3) is 0 Å². The first-order chi connectivity index (χ1) is 35.0. The molecule has 424 valence electrons. The summed E-state index contributed by atoms with van der Waals surface area (Å²) in [6.07, 6.45) is -27.0. The number of ether oxygens (including phenoxy) is 8. The lowest BCUT2D eigenvalue weighted by molar-refractivity contribution is -0.400. The van der Waals surface area contributed by atoms with Crippen LogP contribution in [-0.2, 0) is 47.5 Å². The molecule has 0 bridgehead atoms. The summed E-state index contributed by atoms with van der Waals surface area (Å²) in [4.78, 5) is 28.0. The van der Waals surface area contributed by atoms with Crippen molar-refractivity contribution in [2.75, 3.05) is 26.4 Å². The van der Waals surface area contributed by atoms with Crippen LogP contribution in [0.2, 0.25) is 0 Å². The number of aliphatic hydroxyl groups is 14. The zero-order chi connectivity index (χ0) is 53.9. The van der Waals surface area contributed by atoms with Crippen LogP contribution in [-0.4, -0.2) is 239 Å². The van der Waals surface area contributed by atoms with Gasteiger partial charge in [-0.2, -0.15) is 0 Å². The van der Waals surface area contributed by atoms with Gasteiger partial charge in [0.05, 0.1) is 32.5 Å². The van der Waals surface area contributed by atoms with Crippen molar-refractivity contribution in [3.8, 4) is 0 Å². The van der Waals surface area contributed by atoms with E-state index < -0.39 is 166 Å². The predicted octanol–water partition coefficient (Wildman–Crippen LogP) is -4.03. The van der Waals surface area contributed by atoms with E-state index in [2.05, 4.69) is 19.9 Å². The highest BCUT2D eigenvalue weighted by Gasteiger charge is 2.63. The quantitative estimate of drug-likeness (QED) is 0.0617. The Morgan fingerprint density at radius 1 is 0.635 bits per heavy atom. The minimum absolute atomic E-state index is 0.0242. The van der Waals surface area contributed by atoms with Crippen LogP contribution in [0.1, 0.15) is 85.5 Å². The summed E-state index contributed by atoms with van der Waals surface area (Å²) in [6, 6.07) is 0. The Balaban J connectivity index is 0.919. The minimum atomic E-state index is -2.02. The Hall–Kier alpha value is -1.80. The third kappa shape index (κ3) is 11.0. The molecule has 4 aliphatic carbocycles. The van der Waals surface area contributed by atoms with E-state index in [-0.39, 0.29) is 53.7 Å². The number of carbonyl (C=O) groups excluding carboxylic acids is 2. The van der Waals surface area contributed by atoms with Crippen molar-refractivity contribution in [2.24, 2.45) is 46.3 Å². The van der Waals surface area contributed by atoms with Crippen molar-refractivity contribution in [2.45, 2.75) is 215 Å². The Morgan fingerprint density at radius 3 is 1.84 bits per heavy atom. The highest BCUT2D eigenvalue weighted by molar-refractivity contribution is 5.92. The summed E-state index contributed by atoms with van der Waals surface area (Å²) < 4.78 is 46.6. The molecular weight excluding hydrogens is 985 g/mol. The molecule has 0 aromatic rings. The van der Waals surface area contributed by atoms with E-state index in [0.717, 1.165) is 18.4 Å². The van der Waals surface area contributed by atoms with Gasteiger partial charge in [0.15, 0.2) is 31.5 Å². The summed E-state index contributed by atoms with van der Waals surface area (Å²) in [5.74, 6) is -0.644. The van der Waals surface area contributed by atoms with E-state index in [4.69, 9.17) is 37.9 Å². The second-order valence-corrected chi connectivity index (χ2v) is 22.9. The average molecular weight is 1070 g/mol. The molecule has 9 unspecified atom stereocenters. The number of hydrogen-bond acceptors (Lipinski definition) is 24. The third-order valence-corrected chi connectivity index (χ3v) is 18.4. The fourth-order valence-electron chi connectivity index (χ4n) is 13.9. The number of ketones is 2. The molecule has 0 radical (unpaired) electrons. The van der Waals surface area contributed by atoms with Crippen LogP contribution < -0.4 is 0 Å². The molecule has 24 heteroatoms. The Kier molecular flexibility index (Phi) is 18.5. The Morgan fingerprint density at radius 2 is 1.20 bits per heavy atom. The SMILES string of the molecule is C[C@H](CCC(=O)[C@@H](C)[C@H]1C(=O)C[C@H]2[C@@H]3CC=C4CC(O[C@@H]5OC(CO)[C@@H](O[C@@H]6OC(CO)[C@@H](O)[C@H](O)C6O)[C@H](O)C5O[C@@H]5OC(O)[C@H](O)[C@H](O)C5O)CC[C@]4(C)[C@H]3CC[C@]12C)CO[C@@H]1OC(CO)[C@@H](O)[C@H](O)C1O. The molecule has 4 saturated heterocycles. The van der Waals surface area contributed by atoms with Crippen LogP contribution >= 0.6 is 0 Å². The topological polar surface area (TPSA) is 391 Å². The summed E-state index contributed by atoms with van der Waals surface area (Å²) in [6.45, 7) is 6.03. The number of aliphatic hydroxyl groups excluding tert-OH is 14. The summed E-state index contributed by atoms with van der Waals surface area (Å²) >= 11 is 0. The fraction of sp³-hybridized carbons (Fsp3) is 0.920. The standard InChI is InChI=1S/C50H80O24/c1-19(18-67-45-38(62)34(58)32(56)28(15-51)69-45)5-8-26(54)20(2)31-27(55)14-25-23-7-6-21-13-22(9-11-49(21,3)24(23)10-12-50(25,31)4)68-48-43(73-47-40(64)36(60)37(61)44(66)74-47)41(65)42(30(17-53)71-48)72-46-39(63)35(59)33(57)29(16-52)70-46/h6,19-20,22-25,28-48,51-53,56-66H,5,7-18H2,1-4H3/t19-,20-,22?,23-,24+,25+,28?,29?,30?,31+,32-,33-,34+,35+,36+,37-,38?,39?,40?,41+,42-,43?,44?,45-,46+,47-,48-,49+,50+/m1/s1. The molecule has 0 spiro atoms. The van der Waals surface area contributed by atoms with Crippen LogP contribution in [0.4, 0.5) is 0 Å². The van der Waals surface area contributed by atoms with E-state index >= 15 is 0 Å². The largest absolute Gasteiger partial charge is 0.394 e. The maximum absolute atomic E-state index is 14.1. The molecular formula is C50H80O24. The number of rotatable bonds is 17. The van der Waals surface area contributed by atoms with Gasteiger partial charge in [0.1, 0.15) is 103 Å². The Bertz CT molecular complexity index is 1940. The van der Waals surface area contributed by atoms with Gasteiger partial charge in [0.25, 0.3) is 0 Å². The number of Topliss-reactive ketones (excluding diaryl/α,β-unsaturated/α-hetero) is 2. The van der Waals surface area contributed by atoms with Crippen LogP contribution in [0.3, 0.4) is 0 Å². The molecule has 4 heterocycles. The maximum Gasteiger partial charge on any atom is 0.189 e. The van der Waals surface area contributed by atoms with Crippen molar-refractivity contribution >= 4 is 11.6 Å². The number of carbonyl (C=O) groups is 2. The van der Waals surface area contributed by atoms with Crippen LogP contribution in [0.15, 0.2) is 11.6 Å². The van der Waals surface area contributed by atoms with E-state index in [0.29, 0.717) is 38.5 Å². The molecule has 4 aliphatic heterocycles. The van der Waals surface area contributed by atoms with Crippen molar-refractivity contribution in [1.29, 1.82) is 0 Å². The summed E-state index contributed by atoms with van der Waals surface area (Å²) in [7, 11) is 0. The monoisotopic (exact) mass is 1060 g/mol. The molecule has 0 amide bonds. The van der Waals surface area contributed by atoms with Gasteiger partial charge in [0, 0.05) is 24.7 Å². The molecule has 29 atom stereocenters. The number of allylic oxidation sites excluding steroid dienone is 1. The molecule has 0 aromatic carbocycles. The number of fused-ring (bicyclic) bond motifs is 5. The molecule has 74 heavy (non-hydrogen) atoms. The summed E-state index contributed by atoms with van der Waals surface area (Å²) in [5.41, 5.74) is 0.443. The van der Waals surface area contributed by atoms with Gasteiger partial charge in [-0.25, -0.2) is 0 Å². The van der Waals surface area contributed by atoms with Crippen molar-refractivity contribution in [3.05, 3.63) is 11.6 Å². The molecule has 7 fully saturated rings. The zero-order valence-electron chi connectivity index (χ0n) is 42.2. The van der Waals surface area contributed by atoms with E-state index in [1.54, 1.807) is 0 Å². The van der Waals surface area contributed by atoms with Crippen molar-refractivity contribution in [1.82, 2.24) is 0 Å². The lowest BCUT2D eigenvalue weighted by Crippen LogP contribution is -2.67. The van der Waals surface area contributed by atoms with Gasteiger partial charge in [0.2, 0.25) is 0 Å². The van der Waals surface area contributed by atoms with Crippen LogP contribution in [0.5, 0.6) is 0 Å². The average Bonchev–Trinajstić information content (AvgIpc) is 3.66. The lowest BCUT2D eigenvalue weighted by atomic mass is 9.47. The number of hydrogen-bond donors (Lipinski definition) is 14. The molecule has 3 saturated carbocycles. The van der Waals surface area contributed by atoms with Gasteiger partial charge < -0.3 is 109 Å². The van der Waals surface area contributed by atoms with Crippen LogP contribution in [0, 0.1) is 46.3 Å². The highest BCUT2D eigenvalue weighted by atomic mass is 16.8. The fourth-order valence-corrected chi connectivity index (χ4v) is 13.9. The first-order valence-corrected chi connectivity index (χ1v) is 26.2. The highest BCUT2D eigenvalue weighted by Crippen LogP contribution is 2.66. The molecule has 8 aliphatic rings. The van der Waals surface area contributed by atoms with E-state index in [9.17, 15) is 81.1 Å². The molecule has 24 nitrogen and oxygen atoms in total. The van der Waals surface area contributed by atoms with Gasteiger partial charge in [-0.3, -0.25) is 9.59 Å². The first-order valence-electron chi connectivity index (χ1n) is 26.2. The third-order valence-electron chi connectivity index (χ3n) is 18.4. The normalized spacial score (nSPS) is 50.5. The Labute approximate surface area is 428 Å². The second-order valence-electron chi connectivity index (χ2n) is 22.9. The molecule has 8 rings (SSSR count). The predicted molar refractivity (Wildman–Crippen MR) is 247 cm³/mol. The van der Waals surface area contributed by atoms with Gasteiger partial charge in [-0.05, 0) is 79.4 Å². The van der Waals surface area contributed by atoms with E-state index in [1.165, 1.54) is 0 Å². The van der Waals surface area contributed by atoms with Gasteiger partial charge in [-0.1, -0.05) is 39.3 Å². The van der Waals surface area contributed by atoms with Gasteiger partial charge >= 0.3 is 0 Å². The van der Waals surface area contributed by atoms with Crippen molar-refractivity contribution in [3.63, 3.8) is 0 Å². The van der Waals surface area contributed by atoms with Gasteiger partial charge in [-0.15, -0.1) is 0 Å². The van der Waals surface area contributed by atoms with E-state index in [1.807, 2.05) is 13.8 Å². The van der Waals surface area contributed by atoms with Crippen molar-refractivity contribution < 1.29 is 119 Å². The molecule has 0 aromatic heterocycles. The first kappa shape index (κ1) is 58.4. The molecule has 14 N–H and O–H groups in total. The summed E-state index contributed by atoms with van der Waals surface area (Å²) in [5, 5.41) is 146. The minimum Gasteiger partial charge on any atom is -0.394 e.